The van der Waals surface area contributed by atoms with Gasteiger partial charge in [-0.1, -0.05) is 32.9 Å². The molecule has 0 aliphatic rings. The highest BCUT2D eigenvalue weighted by atomic mass is 32.2. The zero-order valence-electron chi connectivity index (χ0n) is 14.6. The Hall–Kier alpha value is -2.25. The number of sulfonamides is 1. The minimum absolute atomic E-state index is 0.0354. The Morgan fingerprint density at radius 1 is 1.08 bits per heavy atom. The summed E-state index contributed by atoms with van der Waals surface area (Å²) >= 11 is 0. The molecule has 25 heavy (non-hydrogen) atoms. The summed E-state index contributed by atoms with van der Waals surface area (Å²) in [5.41, 5.74) is 1.46. The number of nitrogens with one attached hydrogen (secondary N) is 2. The standard InChI is InChI=1S/C18H23N3O3S/c1-18(2,3)15-6-8-16(9-7-15)25(23,24)21-12-11-20-17(22)14-5-4-10-19-13-14/h4-10,13,21H,11-12H2,1-3H3,(H,20,22). The Labute approximate surface area is 148 Å². The van der Waals surface area contributed by atoms with Gasteiger partial charge in [0.2, 0.25) is 10.0 Å². The second-order valence-electron chi connectivity index (χ2n) is 6.67. The number of carbonyl (C=O) groups is 1. The summed E-state index contributed by atoms with van der Waals surface area (Å²) in [4.78, 5) is 15.9. The van der Waals surface area contributed by atoms with E-state index in [9.17, 15) is 13.2 Å². The molecule has 0 saturated carbocycles. The lowest BCUT2D eigenvalue weighted by Crippen LogP contribution is -2.34. The molecule has 0 spiro atoms. The molecule has 134 valence electrons. The van der Waals surface area contributed by atoms with Crippen LogP contribution in [0, 0.1) is 0 Å². The summed E-state index contributed by atoms with van der Waals surface area (Å²) in [6, 6.07) is 10.1. The second-order valence-corrected chi connectivity index (χ2v) is 8.44. The van der Waals surface area contributed by atoms with Crippen molar-refractivity contribution in [1.29, 1.82) is 0 Å². The smallest absolute Gasteiger partial charge is 0.252 e. The van der Waals surface area contributed by atoms with Crippen LogP contribution in [0.5, 0.6) is 0 Å². The molecule has 2 rings (SSSR count). The van der Waals surface area contributed by atoms with Crippen LogP contribution in [0.2, 0.25) is 0 Å². The first-order valence-electron chi connectivity index (χ1n) is 7.98. The van der Waals surface area contributed by atoms with E-state index in [1.54, 1.807) is 30.5 Å². The van der Waals surface area contributed by atoms with E-state index in [2.05, 4.69) is 35.8 Å². The zero-order valence-corrected chi connectivity index (χ0v) is 15.4. The first kappa shape index (κ1) is 19.1. The molecule has 6 nitrogen and oxygen atoms in total. The van der Waals surface area contributed by atoms with Crippen LogP contribution in [-0.4, -0.2) is 32.4 Å². The van der Waals surface area contributed by atoms with Crippen LogP contribution in [0.3, 0.4) is 0 Å². The maximum absolute atomic E-state index is 12.3. The molecule has 1 heterocycles. The average molecular weight is 361 g/mol. The average Bonchev–Trinajstić information content (AvgIpc) is 2.58. The van der Waals surface area contributed by atoms with E-state index in [1.165, 1.54) is 6.20 Å². The predicted molar refractivity (Wildman–Crippen MR) is 96.9 cm³/mol. The van der Waals surface area contributed by atoms with Crippen molar-refractivity contribution in [3.8, 4) is 0 Å². The number of aromatic nitrogens is 1. The van der Waals surface area contributed by atoms with Crippen molar-refractivity contribution in [2.45, 2.75) is 31.1 Å². The minimum atomic E-state index is -3.60. The molecule has 0 radical (unpaired) electrons. The van der Waals surface area contributed by atoms with Gasteiger partial charge in [-0.15, -0.1) is 0 Å². The van der Waals surface area contributed by atoms with Crippen molar-refractivity contribution in [2.24, 2.45) is 0 Å². The first-order chi connectivity index (χ1) is 11.7. The van der Waals surface area contributed by atoms with E-state index in [0.717, 1.165) is 5.56 Å². The molecular weight excluding hydrogens is 338 g/mol. The molecule has 7 heteroatoms. The van der Waals surface area contributed by atoms with E-state index < -0.39 is 10.0 Å². The SMILES string of the molecule is CC(C)(C)c1ccc(S(=O)(=O)NCCNC(=O)c2cccnc2)cc1. The summed E-state index contributed by atoms with van der Waals surface area (Å²) in [7, 11) is -3.60. The molecule has 0 saturated heterocycles. The van der Waals surface area contributed by atoms with Gasteiger partial charge >= 0.3 is 0 Å². The summed E-state index contributed by atoms with van der Waals surface area (Å²) < 4.78 is 27.0. The van der Waals surface area contributed by atoms with Crippen LogP contribution in [0.15, 0.2) is 53.7 Å². The van der Waals surface area contributed by atoms with Gasteiger partial charge in [0.1, 0.15) is 0 Å². The van der Waals surface area contributed by atoms with Crippen LogP contribution in [0.4, 0.5) is 0 Å². The lowest BCUT2D eigenvalue weighted by molar-refractivity contribution is 0.0954. The van der Waals surface area contributed by atoms with Crippen molar-refractivity contribution in [2.75, 3.05) is 13.1 Å². The lowest BCUT2D eigenvalue weighted by Gasteiger charge is -2.19. The van der Waals surface area contributed by atoms with Crippen molar-refractivity contribution in [3.05, 3.63) is 59.9 Å². The third-order valence-corrected chi connectivity index (χ3v) is 5.13. The van der Waals surface area contributed by atoms with E-state index in [0.29, 0.717) is 5.56 Å². The molecule has 0 aliphatic heterocycles. The number of carbonyl (C=O) groups excluding carboxylic acids is 1. The van der Waals surface area contributed by atoms with Gasteiger partial charge in [0.05, 0.1) is 10.5 Å². The van der Waals surface area contributed by atoms with Crippen molar-refractivity contribution in [1.82, 2.24) is 15.0 Å². The van der Waals surface area contributed by atoms with Crippen LogP contribution in [0.1, 0.15) is 36.7 Å². The minimum Gasteiger partial charge on any atom is -0.351 e. The van der Waals surface area contributed by atoms with Gasteiger partial charge in [-0.25, -0.2) is 13.1 Å². The third-order valence-electron chi connectivity index (χ3n) is 3.66. The monoisotopic (exact) mass is 361 g/mol. The Balaban J connectivity index is 1.88. The van der Waals surface area contributed by atoms with Gasteiger partial charge in [-0.2, -0.15) is 0 Å². The molecular formula is C18H23N3O3S. The number of hydrogen-bond acceptors (Lipinski definition) is 4. The molecule has 1 aromatic heterocycles. The van der Waals surface area contributed by atoms with Gasteiger partial charge < -0.3 is 5.32 Å². The quantitative estimate of drug-likeness (QED) is 0.771. The molecule has 0 fully saturated rings. The summed E-state index contributed by atoms with van der Waals surface area (Å²) in [6.45, 7) is 6.50. The molecule has 0 unspecified atom stereocenters. The maximum atomic E-state index is 12.3. The maximum Gasteiger partial charge on any atom is 0.252 e. The van der Waals surface area contributed by atoms with Crippen molar-refractivity contribution in [3.63, 3.8) is 0 Å². The van der Waals surface area contributed by atoms with Crippen molar-refractivity contribution < 1.29 is 13.2 Å². The number of benzene rings is 1. The molecule has 2 N–H and O–H groups in total. The van der Waals surface area contributed by atoms with Gasteiger partial charge in [-0.05, 0) is 35.2 Å². The second kappa shape index (κ2) is 7.76. The Bertz CT molecular complexity index is 811. The first-order valence-corrected chi connectivity index (χ1v) is 9.47. The van der Waals surface area contributed by atoms with Gasteiger partial charge in [-0.3, -0.25) is 9.78 Å². The highest BCUT2D eigenvalue weighted by molar-refractivity contribution is 7.89. The number of rotatable bonds is 6. The van der Waals surface area contributed by atoms with Crippen LogP contribution < -0.4 is 10.0 Å². The third kappa shape index (κ3) is 5.37. The van der Waals surface area contributed by atoms with Gasteiger partial charge in [0.15, 0.2) is 0 Å². The van der Waals surface area contributed by atoms with Crippen molar-refractivity contribution >= 4 is 15.9 Å². The molecule has 0 aliphatic carbocycles. The summed E-state index contributed by atoms with van der Waals surface area (Å²) in [5.74, 6) is -0.290. The number of pyridine rings is 1. The van der Waals surface area contributed by atoms with Crippen LogP contribution >= 0.6 is 0 Å². The highest BCUT2D eigenvalue weighted by Gasteiger charge is 2.17. The fourth-order valence-electron chi connectivity index (χ4n) is 2.18. The summed E-state index contributed by atoms with van der Waals surface area (Å²) in [5, 5.41) is 2.65. The Morgan fingerprint density at radius 2 is 1.76 bits per heavy atom. The number of nitrogens with zero attached hydrogens (tertiary/aromatic N) is 1. The Morgan fingerprint density at radius 3 is 2.32 bits per heavy atom. The van der Waals surface area contributed by atoms with E-state index >= 15 is 0 Å². The van der Waals surface area contributed by atoms with Crippen LogP contribution in [-0.2, 0) is 15.4 Å². The Kier molecular flexibility index (Phi) is 5.92. The molecule has 0 bridgehead atoms. The largest absolute Gasteiger partial charge is 0.351 e. The highest BCUT2D eigenvalue weighted by Crippen LogP contribution is 2.23. The van der Waals surface area contributed by atoms with Gasteiger partial charge in [0, 0.05) is 25.5 Å². The fourth-order valence-corrected chi connectivity index (χ4v) is 3.21. The van der Waals surface area contributed by atoms with E-state index in [1.807, 2.05) is 12.1 Å². The van der Waals surface area contributed by atoms with Crippen LogP contribution in [0.25, 0.3) is 0 Å². The topological polar surface area (TPSA) is 88.2 Å². The fraction of sp³-hybridized carbons (Fsp3) is 0.333. The molecule has 0 atom stereocenters. The number of hydrogen-bond donors (Lipinski definition) is 2. The van der Waals surface area contributed by atoms with E-state index in [-0.39, 0.29) is 29.3 Å². The zero-order chi connectivity index (χ0) is 18.5. The molecule has 1 amide bonds. The molecule has 1 aromatic carbocycles. The predicted octanol–water partition coefficient (Wildman–Crippen LogP) is 2.09. The molecule has 2 aromatic rings. The van der Waals surface area contributed by atoms with Gasteiger partial charge in [0.25, 0.3) is 5.91 Å². The summed E-state index contributed by atoms with van der Waals surface area (Å²) in [6.07, 6.45) is 3.03. The van der Waals surface area contributed by atoms with E-state index in [4.69, 9.17) is 0 Å². The normalized spacial score (nSPS) is 12.0. The lowest BCUT2D eigenvalue weighted by atomic mass is 9.87. The number of amides is 1.